The molecule has 4 aromatic rings. The monoisotopic (exact) mass is 377 g/mol. The summed E-state index contributed by atoms with van der Waals surface area (Å²) in [6.45, 7) is 2.00. The molecule has 0 aliphatic heterocycles. The molecule has 0 unspecified atom stereocenters. The number of aromatic nitrogens is 1. The quantitative estimate of drug-likeness (QED) is 0.285. The van der Waals surface area contributed by atoms with E-state index in [-0.39, 0.29) is 11.7 Å². The number of Topliss-reactive ketones (excluding diaryl/α,β-unsaturated/α-hetero) is 1. The van der Waals surface area contributed by atoms with Crippen LogP contribution in [-0.2, 0) is 6.42 Å². The van der Waals surface area contributed by atoms with E-state index in [1.165, 1.54) is 11.1 Å². The average molecular weight is 377 g/mol. The van der Waals surface area contributed by atoms with Gasteiger partial charge in [-0.2, -0.15) is 0 Å². The van der Waals surface area contributed by atoms with E-state index in [0.29, 0.717) is 0 Å². The summed E-state index contributed by atoms with van der Waals surface area (Å²) < 4.78 is 0. The maximum atomic E-state index is 12.9. The van der Waals surface area contributed by atoms with E-state index in [9.17, 15) is 4.79 Å². The number of rotatable bonds is 6. The SMILES string of the molecule is C[C@H](Cc1ccc(/C=C/c2ccccc2)cc1)C(=O)c1ccc2ncccc2c1. The Bertz CT molecular complexity index is 1140. The van der Waals surface area contributed by atoms with Crippen molar-refractivity contribution in [1.29, 1.82) is 0 Å². The van der Waals surface area contributed by atoms with E-state index in [0.717, 1.165) is 28.5 Å². The summed E-state index contributed by atoms with van der Waals surface area (Å²) in [7, 11) is 0. The molecule has 4 rings (SSSR count). The highest BCUT2D eigenvalue weighted by Gasteiger charge is 2.16. The van der Waals surface area contributed by atoms with Gasteiger partial charge in [0.25, 0.3) is 0 Å². The van der Waals surface area contributed by atoms with Gasteiger partial charge in [-0.15, -0.1) is 0 Å². The summed E-state index contributed by atoms with van der Waals surface area (Å²) in [4.78, 5) is 17.2. The Labute approximate surface area is 171 Å². The molecule has 0 fully saturated rings. The number of nitrogens with zero attached hydrogens (tertiary/aromatic N) is 1. The van der Waals surface area contributed by atoms with Crippen LogP contribution in [0, 0.1) is 5.92 Å². The molecule has 3 aromatic carbocycles. The summed E-state index contributed by atoms with van der Waals surface area (Å²) in [5.41, 5.74) is 5.17. The predicted molar refractivity (Wildman–Crippen MR) is 121 cm³/mol. The van der Waals surface area contributed by atoms with Gasteiger partial charge in [-0.1, -0.05) is 79.7 Å². The number of ketones is 1. The largest absolute Gasteiger partial charge is 0.294 e. The van der Waals surface area contributed by atoms with Crippen molar-refractivity contribution in [3.8, 4) is 0 Å². The molecular weight excluding hydrogens is 354 g/mol. The number of fused-ring (bicyclic) bond motifs is 1. The number of hydrogen-bond acceptors (Lipinski definition) is 2. The molecular formula is C27H23NO. The van der Waals surface area contributed by atoms with Crippen LogP contribution in [0.5, 0.6) is 0 Å². The molecule has 142 valence electrons. The first-order valence-electron chi connectivity index (χ1n) is 9.90. The van der Waals surface area contributed by atoms with Gasteiger partial charge in [0.2, 0.25) is 0 Å². The molecule has 2 nitrogen and oxygen atoms in total. The van der Waals surface area contributed by atoms with Crippen LogP contribution in [0.4, 0.5) is 0 Å². The third kappa shape index (κ3) is 4.67. The van der Waals surface area contributed by atoms with Gasteiger partial charge in [0.05, 0.1) is 5.52 Å². The van der Waals surface area contributed by atoms with E-state index in [1.54, 1.807) is 6.20 Å². The first kappa shape index (κ1) is 18.8. The van der Waals surface area contributed by atoms with Crippen LogP contribution < -0.4 is 0 Å². The van der Waals surface area contributed by atoms with E-state index < -0.39 is 0 Å². The number of hydrogen-bond donors (Lipinski definition) is 0. The zero-order valence-corrected chi connectivity index (χ0v) is 16.5. The Morgan fingerprint density at radius 3 is 2.34 bits per heavy atom. The maximum Gasteiger partial charge on any atom is 0.166 e. The Kier molecular flexibility index (Phi) is 5.62. The molecule has 0 saturated carbocycles. The molecule has 2 heteroatoms. The molecule has 0 aliphatic rings. The molecule has 0 amide bonds. The minimum Gasteiger partial charge on any atom is -0.294 e. The fourth-order valence-electron chi connectivity index (χ4n) is 3.48. The van der Waals surface area contributed by atoms with Gasteiger partial charge in [0.15, 0.2) is 5.78 Å². The smallest absolute Gasteiger partial charge is 0.166 e. The van der Waals surface area contributed by atoms with E-state index >= 15 is 0 Å². The fraction of sp³-hybridized carbons (Fsp3) is 0.111. The first-order chi connectivity index (χ1) is 14.2. The van der Waals surface area contributed by atoms with Gasteiger partial charge >= 0.3 is 0 Å². The van der Waals surface area contributed by atoms with Gasteiger partial charge in [-0.3, -0.25) is 9.78 Å². The van der Waals surface area contributed by atoms with Crippen LogP contribution in [0.25, 0.3) is 23.1 Å². The average Bonchev–Trinajstić information content (AvgIpc) is 2.78. The molecule has 0 aliphatic carbocycles. The molecule has 29 heavy (non-hydrogen) atoms. The van der Waals surface area contributed by atoms with Gasteiger partial charge in [0.1, 0.15) is 0 Å². The Hall–Kier alpha value is -3.52. The molecule has 0 saturated heterocycles. The maximum absolute atomic E-state index is 12.9. The topological polar surface area (TPSA) is 30.0 Å². The number of pyridine rings is 1. The lowest BCUT2D eigenvalue weighted by Gasteiger charge is -2.11. The van der Waals surface area contributed by atoms with Crippen molar-refractivity contribution in [3.05, 3.63) is 113 Å². The molecule has 0 N–H and O–H groups in total. The summed E-state index contributed by atoms with van der Waals surface area (Å²) in [6, 6.07) is 28.3. The van der Waals surface area contributed by atoms with Crippen molar-refractivity contribution in [1.82, 2.24) is 4.98 Å². The second-order valence-electron chi connectivity index (χ2n) is 7.37. The van der Waals surface area contributed by atoms with Gasteiger partial charge in [0, 0.05) is 23.1 Å². The van der Waals surface area contributed by atoms with Crippen LogP contribution >= 0.6 is 0 Å². The molecule has 0 spiro atoms. The predicted octanol–water partition coefficient (Wildman–Crippen LogP) is 6.47. The van der Waals surface area contributed by atoms with Crippen LogP contribution in [-0.4, -0.2) is 10.8 Å². The van der Waals surface area contributed by atoms with Crippen LogP contribution in [0.3, 0.4) is 0 Å². The van der Waals surface area contributed by atoms with Crippen molar-refractivity contribution in [2.45, 2.75) is 13.3 Å². The minimum absolute atomic E-state index is 0.0742. The number of benzene rings is 3. The molecule has 1 heterocycles. The lowest BCUT2D eigenvalue weighted by atomic mass is 9.92. The van der Waals surface area contributed by atoms with Crippen LogP contribution in [0.2, 0.25) is 0 Å². The summed E-state index contributed by atoms with van der Waals surface area (Å²) >= 11 is 0. The summed E-state index contributed by atoms with van der Waals surface area (Å²) in [5, 5.41) is 1.00. The molecule has 0 radical (unpaired) electrons. The van der Waals surface area contributed by atoms with E-state index in [1.807, 2.05) is 55.5 Å². The first-order valence-corrected chi connectivity index (χ1v) is 9.90. The molecule has 1 aromatic heterocycles. The van der Waals surface area contributed by atoms with Crippen molar-refractivity contribution >= 4 is 28.8 Å². The van der Waals surface area contributed by atoms with Gasteiger partial charge < -0.3 is 0 Å². The third-order valence-corrected chi connectivity index (χ3v) is 5.12. The lowest BCUT2D eigenvalue weighted by Crippen LogP contribution is -2.14. The second-order valence-corrected chi connectivity index (χ2v) is 7.37. The third-order valence-electron chi connectivity index (χ3n) is 5.12. The van der Waals surface area contributed by atoms with Crippen molar-refractivity contribution < 1.29 is 4.79 Å². The van der Waals surface area contributed by atoms with Crippen molar-refractivity contribution in [3.63, 3.8) is 0 Å². The van der Waals surface area contributed by atoms with Crippen LogP contribution in [0.15, 0.2) is 91.1 Å². The van der Waals surface area contributed by atoms with Crippen molar-refractivity contribution in [2.24, 2.45) is 5.92 Å². The highest BCUT2D eigenvalue weighted by Crippen LogP contribution is 2.19. The number of carbonyl (C=O) groups is 1. The molecule has 0 bridgehead atoms. The summed E-state index contributed by atoms with van der Waals surface area (Å²) in [6.07, 6.45) is 6.71. The zero-order chi connectivity index (χ0) is 20.1. The van der Waals surface area contributed by atoms with Gasteiger partial charge in [-0.25, -0.2) is 0 Å². The van der Waals surface area contributed by atoms with E-state index in [4.69, 9.17) is 0 Å². The highest BCUT2D eigenvalue weighted by molar-refractivity contribution is 6.00. The van der Waals surface area contributed by atoms with Crippen molar-refractivity contribution in [2.75, 3.05) is 0 Å². The standard InChI is InChI=1S/C27H23NO/c1-20(27(29)25-15-16-26-24(19-25)8-5-17-28-26)18-23-13-11-22(12-14-23)10-9-21-6-3-2-4-7-21/h2-17,19-20H,18H2,1H3/b10-9+/t20-/m1/s1. The summed E-state index contributed by atoms with van der Waals surface area (Å²) in [5.74, 6) is 0.0960. The van der Waals surface area contributed by atoms with Gasteiger partial charge in [-0.05, 0) is 47.4 Å². The fourth-order valence-corrected chi connectivity index (χ4v) is 3.48. The second kappa shape index (κ2) is 8.66. The zero-order valence-electron chi connectivity index (χ0n) is 16.5. The minimum atomic E-state index is -0.0742. The Morgan fingerprint density at radius 2 is 1.59 bits per heavy atom. The molecule has 1 atom stereocenters. The number of carbonyl (C=O) groups excluding carboxylic acids is 1. The lowest BCUT2D eigenvalue weighted by molar-refractivity contribution is 0.0929. The Morgan fingerprint density at radius 1 is 0.862 bits per heavy atom. The van der Waals surface area contributed by atoms with Crippen LogP contribution in [0.1, 0.15) is 34.0 Å². The normalized spacial score (nSPS) is 12.3. The van der Waals surface area contributed by atoms with E-state index in [2.05, 4.69) is 53.5 Å². The highest BCUT2D eigenvalue weighted by atomic mass is 16.1. The Balaban J connectivity index is 1.42.